The normalized spacial score (nSPS) is 15.8. The van der Waals surface area contributed by atoms with Crippen molar-refractivity contribution in [3.8, 4) is 0 Å². The first kappa shape index (κ1) is 31.0. The van der Waals surface area contributed by atoms with Gasteiger partial charge >= 0.3 is 11.9 Å². The third kappa shape index (κ3) is 8.89. The molecule has 0 radical (unpaired) electrons. The summed E-state index contributed by atoms with van der Waals surface area (Å²) in [5.74, 6) is -1.72. The van der Waals surface area contributed by atoms with Crippen LogP contribution in [0.15, 0.2) is 58.7 Å². The van der Waals surface area contributed by atoms with Crippen LogP contribution in [-0.4, -0.2) is 33.7 Å². The molecule has 0 fully saturated rings. The highest BCUT2D eigenvalue weighted by atomic mass is 16.4. The van der Waals surface area contributed by atoms with E-state index in [-0.39, 0.29) is 11.6 Å². The number of carboxylic acids is 2. The van der Waals surface area contributed by atoms with Gasteiger partial charge in [0.2, 0.25) is 0 Å². The fourth-order valence-electron chi connectivity index (χ4n) is 3.87. The molecule has 198 valence electrons. The predicted molar refractivity (Wildman–Crippen MR) is 143 cm³/mol. The highest BCUT2D eigenvalue weighted by molar-refractivity contribution is 6.15. The number of hydrogen-bond acceptors (Lipinski definition) is 4. The van der Waals surface area contributed by atoms with Crippen LogP contribution in [0.5, 0.6) is 0 Å². The molecule has 36 heavy (non-hydrogen) atoms. The lowest BCUT2D eigenvalue weighted by Gasteiger charge is -2.18. The van der Waals surface area contributed by atoms with Gasteiger partial charge < -0.3 is 10.2 Å². The quantitative estimate of drug-likeness (QED) is 0.255. The summed E-state index contributed by atoms with van der Waals surface area (Å²) in [6, 6.07) is 0. The zero-order chi connectivity index (χ0) is 27.5. The van der Waals surface area contributed by atoms with Crippen LogP contribution >= 0.6 is 0 Å². The third-order valence-corrected chi connectivity index (χ3v) is 6.63. The maximum atomic E-state index is 12.6. The largest absolute Gasteiger partial charge is 0.481 e. The standard InChI is InChI=1S/C28H36O6.C2H6/c1-27(2,25(31)32)17-7-5-9-19-11-13-21(23(19)29)15-16-22-14-12-20(24(22)30)10-6-8-18-28(3,4)26(33)34;1-2/h11-16H,5-10,17-18H2,1-4H3,(H,31,32)(H,33,34);1-2H3/b16-15-;. The van der Waals surface area contributed by atoms with E-state index >= 15 is 0 Å². The first-order valence-electron chi connectivity index (χ1n) is 12.9. The van der Waals surface area contributed by atoms with E-state index in [0.717, 1.165) is 25.7 Å². The summed E-state index contributed by atoms with van der Waals surface area (Å²) in [5.41, 5.74) is 0.982. The number of rotatable bonds is 14. The Hall–Kier alpha value is -3.02. The molecule has 2 aliphatic rings. The number of unbranched alkanes of at least 4 members (excludes halogenated alkanes) is 2. The monoisotopic (exact) mass is 498 g/mol. The summed E-state index contributed by atoms with van der Waals surface area (Å²) in [6.45, 7) is 10.8. The molecular formula is C30H42O6. The lowest BCUT2D eigenvalue weighted by atomic mass is 9.86. The molecule has 0 aromatic rings. The number of carboxylic acid groups (broad SMARTS) is 2. The number of aliphatic carboxylic acids is 2. The van der Waals surface area contributed by atoms with Crippen LogP contribution in [0.2, 0.25) is 0 Å². The summed E-state index contributed by atoms with van der Waals surface area (Å²) in [7, 11) is 0. The van der Waals surface area contributed by atoms with E-state index in [1.165, 1.54) is 0 Å². The molecule has 0 saturated carbocycles. The van der Waals surface area contributed by atoms with E-state index in [1.54, 1.807) is 64.2 Å². The summed E-state index contributed by atoms with van der Waals surface area (Å²) < 4.78 is 0. The molecule has 0 bridgehead atoms. The molecule has 0 saturated heterocycles. The highest BCUT2D eigenvalue weighted by Crippen LogP contribution is 2.28. The number of hydrogen-bond donors (Lipinski definition) is 2. The Labute approximate surface area is 215 Å². The Kier molecular flexibility index (Phi) is 12.0. The molecule has 0 heterocycles. The van der Waals surface area contributed by atoms with Gasteiger partial charge in [-0.05, 0) is 66.2 Å². The van der Waals surface area contributed by atoms with Gasteiger partial charge in [0.15, 0.2) is 11.6 Å². The minimum absolute atomic E-state index is 0.0472. The Morgan fingerprint density at radius 2 is 1.00 bits per heavy atom. The van der Waals surface area contributed by atoms with E-state index in [9.17, 15) is 29.4 Å². The van der Waals surface area contributed by atoms with Gasteiger partial charge in [0, 0.05) is 22.3 Å². The van der Waals surface area contributed by atoms with Gasteiger partial charge in [-0.3, -0.25) is 19.2 Å². The summed E-state index contributed by atoms with van der Waals surface area (Å²) >= 11 is 0. The fourth-order valence-corrected chi connectivity index (χ4v) is 3.87. The average molecular weight is 499 g/mol. The molecule has 2 rings (SSSR count). The van der Waals surface area contributed by atoms with Crippen molar-refractivity contribution in [2.75, 3.05) is 0 Å². The maximum Gasteiger partial charge on any atom is 0.309 e. The zero-order valence-corrected chi connectivity index (χ0v) is 22.6. The van der Waals surface area contributed by atoms with Crippen LogP contribution in [0.3, 0.4) is 0 Å². The van der Waals surface area contributed by atoms with Crippen LogP contribution in [0.4, 0.5) is 0 Å². The molecule has 2 N–H and O–H groups in total. The van der Waals surface area contributed by atoms with Crippen LogP contribution in [0.1, 0.15) is 92.9 Å². The van der Waals surface area contributed by atoms with Crippen molar-refractivity contribution in [1.82, 2.24) is 0 Å². The van der Waals surface area contributed by atoms with E-state index in [0.29, 0.717) is 48.0 Å². The Bertz CT molecular complexity index is 918. The third-order valence-electron chi connectivity index (χ3n) is 6.63. The zero-order valence-electron chi connectivity index (χ0n) is 22.6. The summed E-state index contributed by atoms with van der Waals surface area (Å²) in [4.78, 5) is 47.6. The SMILES string of the molecule is CC.CC(C)(CCCCC1=CC=C(/C=C\C2=CC=C(CCCCC(C)(C)C(=O)O)C2=O)C1=O)C(=O)O. The average Bonchev–Trinajstić information content (AvgIpc) is 3.35. The molecule has 0 atom stereocenters. The van der Waals surface area contributed by atoms with Crippen LogP contribution in [0, 0.1) is 10.8 Å². The molecule has 6 nitrogen and oxygen atoms in total. The van der Waals surface area contributed by atoms with Crippen molar-refractivity contribution < 1.29 is 29.4 Å². The molecule has 0 spiro atoms. The number of carbonyl (C=O) groups excluding carboxylic acids is 2. The van der Waals surface area contributed by atoms with Gasteiger partial charge in [-0.15, -0.1) is 0 Å². The number of allylic oxidation sites excluding steroid dienone is 10. The molecule has 0 aromatic carbocycles. The lowest BCUT2D eigenvalue weighted by molar-refractivity contribution is -0.148. The minimum Gasteiger partial charge on any atom is -0.481 e. The first-order chi connectivity index (χ1) is 16.8. The Morgan fingerprint density at radius 3 is 1.31 bits per heavy atom. The van der Waals surface area contributed by atoms with Crippen LogP contribution in [0.25, 0.3) is 0 Å². The van der Waals surface area contributed by atoms with Crippen molar-refractivity contribution in [2.45, 2.75) is 92.9 Å². The molecule has 0 amide bonds. The van der Waals surface area contributed by atoms with Crippen molar-refractivity contribution in [2.24, 2.45) is 10.8 Å². The van der Waals surface area contributed by atoms with E-state index in [1.807, 2.05) is 13.8 Å². The van der Waals surface area contributed by atoms with Crippen LogP contribution < -0.4 is 0 Å². The topological polar surface area (TPSA) is 109 Å². The summed E-state index contributed by atoms with van der Waals surface area (Å²) in [5, 5.41) is 18.4. The van der Waals surface area contributed by atoms with Gasteiger partial charge in [0.1, 0.15) is 0 Å². The van der Waals surface area contributed by atoms with Gasteiger partial charge in [-0.1, -0.05) is 63.1 Å². The smallest absolute Gasteiger partial charge is 0.309 e. The highest BCUT2D eigenvalue weighted by Gasteiger charge is 2.27. The van der Waals surface area contributed by atoms with Gasteiger partial charge in [-0.25, -0.2) is 0 Å². The van der Waals surface area contributed by atoms with Gasteiger partial charge in [-0.2, -0.15) is 0 Å². The first-order valence-corrected chi connectivity index (χ1v) is 12.9. The second-order valence-electron chi connectivity index (χ2n) is 10.4. The van der Waals surface area contributed by atoms with Crippen LogP contribution in [-0.2, 0) is 19.2 Å². The minimum atomic E-state index is -0.812. The lowest BCUT2D eigenvalue weighted by Crippen LogP contribution is -2.23. The van der Waals surface area contributed by atoms with E-state index in [2.05, 4.69) is 0 Å². The van der Waals surface area contributed by atoms with E-state index in [4.69, 9.17) is 0 Å². The molecule has 2 aliphatic carbocycles. The fraction of sp³-hybridized carbons (Fsp3) is 0.533. The Balaban J connectivity index is 0.00000316. The summed E-state index contributed by atoms with van der Waals surface area (Å²) in [6.07, 6.45) is 15.8. The van der Waals surface area contributed by atoms with Crippen molar-refractivity contribution >= 4 is 23.5 Å². The number of Topliss-reactive ketones (excluding diaryl/α,β-unsaturated/α-hetero) is 2. The van der Waals surface area contributed by atoms with Crippen molar-refractivity contribution in [3.63, 3.8) is 0 Å². The molecular weight excluding hydrogens is 456 g/mol. The van der Waals surface area contributed by atoms with E-state index < -0.39 is 22.8 Å². The van der Waals surface area contributed by atoms with Gasteiger partial charge in [0.05, 0.1) is 10.8 Å². The maximum absolute atomic E-state index is 12.6. The molecule has 0 aliphatic heterocycles. The Morgan fingerprint density at radius 1 is 0.667 bits per heavy atom. The van der Waals surface area contributed by atoms with Crippen molar-refractivity contribution in [1.29, 1.82) is 0 Å². The molecule has 6 heteroatoms. The van der Waals surface area contributed by atoms with Gasteiger partial charge in [0.25, 0.3) is 0 Å². The molecule has 0 aromatic heterocycles. The second kappa shape index (κ2) is 13.9. The number of ketones is 2. The molecule has 0 unspecified atom stereocenters. The second-order valence-corrected chi connectivity index (χ2v) is 10.4. The van der Waals surface area contributed by atoms with Crippen molar-refractivity contribution in [3.05, 3.63) is 58.7 Å². The number of carbonyl (C=O) groups is 4. The predicted octanol–water partition coefficient (Wildman–Crippen LogP) is 6.78.